The number of amides is 1. The minimum atomic E-state index is -0.308. The maximum Gasteiger partial charge on any atom is 0.407 e. The number of hydrogen-bond acceptors (Lipinski definition) is 2. The summed E-state index contributed by atoms with van der Waals surface area (Å²) in [7, 11) is 0. The molecule has 0 fully saturated rings. The number of hydrogen-bond donors (Lipinski definition) is 1. The van der Waals surface area contributed by atoms with E-state index in [-0.39, 0.29) is 12.1 Å². The molecule has 16 heavy (non-hydrogen) atoms. The third-order valence-electron chi connectivity index (χ3n) is 2.89. The fraction of sp³-hybridized carbons (Fsp3) is 0.462. The van der Waals surface area contributed by atoms with Crippen LogP contribution in [0, 0.1) is 6.92 Å². The van der Waals surface area contributed by atoms with Crippen LogP contribution in [0.2, 0.25) is 0 Å². The largest absolute Gasteiger partial charge is 0.450 e. The van der Waals surface area contributed by atoms with Crippen molar-refractivity contribution < 1.29 is 9.53 Å². The summed E-state index contributed by atoms with van der Waals surface area (Å²) in [5, 5.41) is 2.89. The molecule has 1 N–H and O–H groups in total. The summed E-state index contributed by atoms with van der Waals surface area (Å²) in [5.41, 5.74) is 3.96. The number of alkyl carbamates (subject to hydrolysis) is 1. The number of benzene rings is 1. The number of carbonyl (C=O) groups excluding carboxylic acids is 1. The van der Waals surface area contributed by atoms with Crippen molar-refractivity contribution in [2.24, 2.45) is 0 Å². The molecule has 1 amide bonds. The van der Waals surface area contributed by atoms with Gasteiger partial charge < -0.3 is 10.1 Å². The quantitative estimate of drug-likeness (QED) is 0.828. The first-order chi connectivity index (χ1) is 7.69. The zero-order chi connectivity index (χ0) is 11.5. The number of ether oxygens (including phenoxy) is 1. The van der Waals surface area contributed by atoms with E-state index in [1.54, 1.807) is 0 Å². The van der Waals surface area contributed by atoms with Crippen molar-refractivity contribution in [3.05, 3.63) is 34.9 Å². The lowest BCUT2D eigenvalue weighted by molar-refractivity contribution is 0.148. The van der Waals surface area contributed by atoms with Crippen molar-refractivity contribution in [2.45, 2.75) is 32.7 Å². The molecule has 1 aromatic carbocycles. The molecule has 1 atom stereocenters. The van der Waals surface area contributed by atoms with Gasteiger partial charge in [0.15, 0.2) is 0 Å². The second-order valence-corrected chi connectivity index (χ2v) is 4.24. The lowest BCUT2D eigenvalue weighted by Gasteiger charge is -2.11. The SMILES string of the molecule is CCOC(=O)NC1Cc2ccc(C)cc2C1. The molecule has 1 unspecified atom stereocenters. The van der Waals surface area contributed by atoms with Gasteiger partial charge in [0.05, 0.1) is 6.61 Å². The van der Waals surface area contributed by atoms with Gasteiger partial charge in [-0.1, -0.05) is 23.8 Å². The van der Waals surface area contributed by atoms with E-state index < -0.39 is 0 Å². The predicted molar refractivity (Wildman–Crippen MR) is 62.5 cm³/mol. The molecule has 0 saturated heterocycles. The first kappa shape index (κ1) is 11.0. The maximum absolute atomic E-state index is 11.3. The lowest BCUT2D eigenvalue weighted by atomic mass is 10.1. The second kappa shape index (κ2) is 4.56. The van der Waals surface area contributed by atoms with Crippen LogP contribution in [-0.2, 0) is 17.6 Å². The van der Waals surface area contributed by atoms with Crippen LogP contribution in [0.4, 0.5) is 4.79 Å². The molecule has 0 radical (unpaired) electrons. The van der Waals surface area contributed by atoms with Gasteiger partial charge in [0.25, 0.3) is 0 Å². The van der Waals surface area contributed by atoms with E-state index in [4.69, 9.17) is 4.74 Å². The predicted octanol–water partition coefficient (Wildman–Crippen LogP) is 2.21. The second-order valence-electron chi connectivity index (χ2n) is 4.24. The Kier molecular flexibility index (Phi) is 3.13. The number of carbonyl (C=O) groups is 1. The molecule has 0 aromatic heterocycles. The van der Waals surface area contributed by atoms with Crippen LogP contribution in [0.15, 0.2) is 18.2 Å². The molecule has 86 valence electrons. The minimum Gasteiger partial charge on any atom is -0.450 e. The van der Waals surface area contributed by atoms with Gasteiger partial charge in [-0.3, -0.25) is 0 Å². The van der Waals surface area contributed by atoms with E-state index in [0.717, 1.165) is 12.8 Å². The highest BCUT2D eigenvalue weighted by atomic mass is 16.5. The Morgan fingerprint density at radius 3 is 2.94 bits per heavy atom. The zero-order valence-corrected chi connectivity index (χ0v) is 9.75. The summed E-state index contributed by atoms with van der Waals surface area (Å²) >= 11 is 0. The summed E-state index contributed by atoms with van der Waals surface area (Å²) in [4.78, 5) is 11.3. The Morgan fingerprint density at radius 2 is 2.19 bits per heavy atom. The highest BCUT2D eigenvalue weighted by Gasteiger charge is 2.22. The Morgan fingerprint density at radius 1 is 1.44 bits per heavy atom. The third-order valence-corrected chi connectivity index (χ3v) is 2.89. The van der Waals surface area contributed by atoms with Gasteiger partial charge >= 0.3 is 6.09 Å². The highest BCUT2D eigenvalue weighted by molar-refractivity contribution is 5.67. The molecule has 0 spiro atoms. The highest BCUT2D eigenvalue weighted by Crippen LogP contribution is 2.23. The molecule has 2 rings (SSSR count). The molecule has 3 nitrogen and oxygen atoms in total. The molecular formula is C13H17NO2. The fourth-order valence-corrected chi connectivity index (χ4v) is 2.19. The molecule has 1 aliphatic rings. The molecule has 3 heteroatoms. The van der Waals surface area contributed by atoms with Crippen LogP contribution in [0.1, 0.15) is 23.6 Å². The van der Waals surface area contributed by atoms with Crippen molar-refractivity contribution in [1.82, 2.24) is 5.32 Å². The van der Waals surface area contributed by atoms with Gasteiger partial charge in [0.2, 0.25) is 0 Å². The third kappa shape index (κ3) is 2.35. The molecule has 0 heterocycles. The van der Waals surface area contributed by atoms with Crippen LogP contribution in [0.25, 0.3) is 0 Å². The van der Waals surface area contributed by atoms with E-state index in [0.29, 0.717) is 6.61 Å². The summed E-state index contributed by atoms with van der Waals surface area (Å²) in [6.45, 7) is 4.32. The van der Waals surface area contributed by atoms with Gasteiger partial charge in [-0.05, 0) is 37.8 Å². The van der Waals surface area contributed by atoms with E-state index in [1.807, 2.05) is 6.92 Å². The van der Waals surface area contributed by atoms with Gasteiger partial charge in [-0.15, -0.1) is 0 Å². The number of nitrogens with one attached hydrogen (secondary N) is 1. The van der Waals surface area contributed by atoms with E-state index >= 15 is 0 Å². The molecule has 0 aliphatic heterocycles. The Labute approximate surface area is 95.8 Å². The van der Waals surface area contributed by atoms with Crippen LogP contribution in [-0.4, -0.2) is 18.7 Å². The van der Waals surface area contributed by atoms with Crippen LogP contribution >= 0.6 is 0 Å². The molecule has 1 aliphatic carbocycles. The van der Waals surface area contributed by atoms with Gasteiger partial charge in [-0.25, -0.2) is 4.79 Å². The normalized spacial score (nSPS) is 18.0. The van der Waals surface area contributed by atoms with E-state index in [2.05, 4.69) is 30.4 Å². The number of fused-ring (bicyclic) bond motifs is 1. The van der Waals surface area contributed by atoms with Gasteiger partial charge in [0, 0.05) is 6.04 Å². The topological polar surface area (TPSA) is 38.3 Å². The Bertz CT molecular complexity index is 401. The van der Waals surface area contributed by atoms with E-state index in [9.17, 15) is 4.79 Å². The van der Waals surface area contributed by atoms with Crippen molar-refractivity contribution in [2.75, 3.05) is 6.61 Å². The molecule has 0 bridgehead atoms. The average molecular weight is 219 g/mol. The standard InChI is InChI=1S/C13H17NO2/c1-3-16-13(15)14-12-7-10-5-4-9(2)6-11(10)8-12/h4-6,12H,3,7-8H2,1-2H3,(H,14,15). The van der Waals surface area contributed by atoms with Crippen LogP contribution in [0.5, 0.6) is 0 Å². The lowest BCUT2D eigenvalue weighted by Crippen LogP contribution is -2.35. The maximum atomic E-state index is 11.3. The van der Waals surface area contributed by atoms with Crippen molar-refractivity contribution in [3.8, 4) is 0 Å². The monoisotopic (exact) mass is 219 g/mol. The smallest absolute Gasteiger partial charge is 0.407 e. The van der Waals surface area contributed by atoms with Crippen LogP contribution < -0.4 is 5.32 Å². The first-order valence-corrected chi connectivity index (χ1v) is 5.70. The summed E-state index contributed by atoms with van der Waals surface area (Å²) in [6.07, 6.45) is 1.52. The van der Waals surface area contributed by atoms with Crippen molar-refractivity contribution in [1.29, 1.82) is 0 Å². The van der Waals surface area contributed by atoms with E-state index in [1.165, 1.54) is 16.7 Å². The Balaban J connectivity index is 1.97. The molecule has 0 saturated carbocycles. The summed E-state index contributed by atoms with van der Waals surface area (Å²) < 4.78 is 4.88. The number of aryl methyl sites for hydroxylation is 1. The van der Waals surface area contributed by atoms with Gasteiger partial charge in [-0.2, -0.15) is 0 Å². The van der Waals surface area contributed by atoms with Crippen LogP contribution in [0.3, 0.4) is 0 Å². The van der Waals surface area contributed by atoms with Gasteiger partial charge in [0.1, 0.15) is 0 Å². The summed E-state index contributed by atoms with van der Waals surface area (Å²) in [6, 6.07) is 6.65. The Hall–Kier alpha value is -1.51. The summed E-state index contributed by atoms with van der Waals surface area (Å²) in [5.74, 6) is 0. The fourth-order valence-electron chi connectivity index (χ4n) is 2.19. The number of rotatable bonds is 2. The average Bonchev–Trinajstić information content (AvgIpc) is 2.59. The molecule has 1 aromatic rings. The van der Waals surface area contributed by atoms with Crippen molar-refractivity contribution >= 4 is 6.09 Å². The zero-order valence-electron chi connectivity index (χ0n) is 9.75. The first-order valence-electron chi connectivity index (χ1n) is 5.70. The van der Waals surface area contributed by atoms with Crippen molar-refractivity contribution in [3.63, 3.8) is 0 Å². The molecular weight excluding hydrogens is 202 g/mol. The minimum absolute atomic E-state index is 0.191.